The summed E-state index contributed by atoms with van der Waals surface area (Å²) in [6.45, 7) is 4.51. The highest BCUT2D eigenvalue weighted by atomic mass is 35.5. The molecule has 1 N–H and O–H groups in total. The summed E-state index contributed by atoms with van der Waals surface area (Å²) in [5.41, 5.74) is 2.00. The average Bonchev–Trinajstić information content (AvgIpc) is 3.35. The molecule has 212 valence electrons. The van der Waals surface area contributed by atoms with Gasteiger partial charge in [-0.15, -0.1) is 0 Å². The smallest absolute Gasteiger partial charge is 0.227 e. The molecule has 2 aromatic carbocycles. The summed E-state index contributed by atoms with van der Waals surface area (Å²) < 4.78 is 31.7. The molecule has 2 aromatic rings. The molecule has 1 aliphatic carbocycles. The van der Waals surface area contributed by atoms with Gasteiger partial charge < -0.3 is 15.0 Å². The van der Waals surface area contributed by atoms with E-state index in [1.807, 2.05) is 35.2 Å². The Labute approximate surface area is 238 Å². The molecule has 2 saturated heterocycles. The number of amides is 1. The average molecular weight is 576 g/mol. The Morgan fingerprint density at radius 2 is 1.79 bits per heavy atom. The van der Waals surface area contributed by atoms with E-state index in [-0.39, 0.29) is 34.8 Å². The minimum Gasteiger partial charge on any atom is -0.494 e. The fourth-order valence-corrected chi connectivity index (χ4v) is 8.56. The molecule has 0 bridgehead atoms. The fraction of sp³-hybridized carbons (Fsp3) is 0.567. The highest BCUT2D eigenvalue weighted by molar-refractivity contribution is 7.85. The van der Waals surface area contributed by atoms with E-state index < -0.39 is 10.8 Å². The van der Waals surface area contributed by atoms with Crippen molar-refractivity contribution >= 4 is 28.3 Å². The number of nitrogens with one attached hydrogen (secondary N) is 1. The SMILES string of the molecule is COc1ccc(CNCC2(N3CCN(C(=O)[C@@H]4CS(=O)C[C@H]4c4ccc(Cl)cc4)CC3)CCCCC2)cc1F. The van der Waals surface area contributed by atoms with E-state index in [9.17, 15) is 13.4 Å². The maximum atomic E-state index is 14.2. The molecule has 1 saturated carbocycles. The summed E-state index contributed by atoms with van der Waals surface area (Å²) in [6.07, 6.45) is 5.93. The molecule has 3 fully saturated rings. The zero-order valence-corrected chi connectivity index (χ0v) is 24.2. The largest absolute Gasteiger partial charge is 0.494 e. The van der Waals surface area contributed by atoms with Crippen molar-refractivity contribution in [3.8, 4) is 5.75 Å². The molecule has 3 aliphatic rings. The molecule has 0 radical (unpaired) electrons. The first-order chi connectivity index (χ1) is 18.9. The van der Waals surface area contributed by atoms with Crippen LogP contribution >= 0.6 is 11.6 Å². The van der Waals surface area contributed by atoms with Crippen molar-refractivity contribution in [3.05, 3.63) is 64.4 Å². The quantitative estimate of drug-likeness (QED) is 0.499. The molecular weight excluding hydrogens is 537 g/mol. The van der Waals surface area contributed by atoms with Gasteiger partial charge in [0.15, 0.2) is 11.6 Å². The summed E-state index contributed by atoms with van der Waals surface area (Å²) in [4.78, 5) is 18.2. The molecule has 0 aromatic heterocycles. The van der Waals surface area contributed by atoms with Crippen LogP contribution in [0.5, 0.6) is 5.75 Å². The minimum absolute atomic E-state index is 0.0229. The molecule has 5 rings (SSSR count). The van der Waals surface area contributed by atoms with E-state index in [0.29, 0.717) is 36.2 Å². The van der Waals surface area contributed by atoms with Gasteiger partial charge in [0, 0.05) is 78.1 Å². The number of hydrogen-bond donors (Lipinski definition) is 1. The van der Waals surface area contributed by atoms with Gasteiger partial charge in [-0.1, -0.05) is 49.1 Å². The topological polar surface area (TPSA) is 61.9 Å². The maximum absolute atomic E-state index is 14.2. The van der Waals surface area contributed by atoms with Gasteiger partial charge in [-0.2, -0.15) is 0 Å². The second kappa shape index (κ2) is 12.7. The summed E-state index contributed by atoms with van der Waals surface area (Å²) in [7, 11) is 0.491. The Morgan fingerprint density at radius 3 is 2.46 bits per heavy atom. The number of nitrogens with zero attached hydrogens (tertiary/aromatic N) is 2. The van der Waals surface area contributed by atoms with Crippen molar-refractivity contribution in [2.24, 2.45) is 5.92 Å². The van der Waals surface area contributed by atoms with Gasteiger partial charge in [0.1, 0.15) is 0 Å². The Kier molecular flexibility index (Phi) is 9.27. The highest BCUT2D eigenvalue weighted by Gasteiger charge is 2.43. The van der Waals surface area contributed by atoms with Gasteiger partial charge in [-0.3, -0.25) is 13.9 Å². The van der Waals surface area contributed by atoms with Crippen molar-refractivity contribution in [3.63, 3.8) is 0 Å². The molecule has 39 heavy (non-hydrogen) atoms. The van der Waals surface area contributed by atoms with Gasteiger partial charge >= 0.3 is 0 Å². The van der Waals surface area contributed by atoms with E-state index in [2.05, 4.69) is 10.2 Å². The lowest BCUT2D eigenvalue weighted by Crippen LogP contribution is -2.62. The van der Waals surface area contributed by atoms with E-state index >= 15 is 0 Å². The van der Waals surface area contributed by atoms with Crippen LogP contribution in [0.2, 0.25) is 5.02 Å². The van der Waals surface area contributed by atoms with Crippen LogP contribution in [-0.2, 0) is 22.1 Å². The number of hydrogen-bond acceptors (Lipinski definition) is 5. The van der Waals surface area contributed by atoms with Gasteiger partial charge in [-0.25, -0.2) is 4.39 Å². The number of piperazine rings is 1. The fourth-order valence-electron chi connectivity index (χ4n) is 6.69. The van der Waals surface area contributed by atoms with Crippen molar-refractivity contribution in [1.82, 2.24) is 15.1 Å². The third kappa shape index (κ3) is 6.50. The normalized spacial score (nSPS) is 25.5. The Balaban J connectivity index is 1.20. The zero-order valence-electron chi connectivity index (χ0n) is 22.7. The van der Waals surface area contributed by atoms with Crippen molar-refractivity contribution in [2.75, 3.05) is 51.3 Å². The van der Waals surface area contributed by atoms with Crippen molar-refractivity contribution < 1.29 is 18.1 Å². The van der Waals surface area contributed by atoms with E-state index in [4.69, 9.17) is 16.3 Å². The molecule has 9 heteroatoms. The number of benzene rings is 2. The third-order valence-electron chi connectivity index (χ3n) is 8.88. The summed E-state index contributed by atoms with van der Waals surface area (Å²) in [5, 5.41) is 4.28. The monoisotopic (exact) mass is 575 g/mol. The van der Waals surface area contributed by atoms with Crippen LogP contribution in [-0.4, -0.2) is 76.8 Å². The number of carbonyl (C=O) groups excluding carboxylic acids is 1. The van der Waals surface area contributed by atoms with Crippen LogP contribution in [0, 0.1) is 11.7 Å². The predicted molar refractivity (Wildman–Crippen MR) is 154 cm³/mol. The van der Waals surface area contributed by atoms with Crippen LogP contribution in [0.4, 0.5) is 4.39 Å². The predicted octanol–water partition coefficient (Wildman–Crippen LogP) is 4.59. The molecule has 1 amide bonds. The molecule has 6 nitrogen and oxygen atoms in total. The third-order valence-corrected chi connectivity index (χ3v) is 10.6. The minimum atomic E-state index is -0.984. The van der Waals surface area contributed by atoms with Crippen LogP contribution in [0.3, 0.4) is 0 Å². The van der Waals surface area contributed by atoms with Crippen LogP contribution in [0.25, 0.3) is 0 Å². The van der Waals surface area contributed by atoms with Crippen LogP contribution in [0.15, 0.2) is 42.5 Å². The number of methoxy groups -OCH3 is 1. The summed E-state index contributed by atoms with van der Waals surface area (Å²) >= 11 is 6.07. The summed E-state index contributed by atoms with van der Waals surface area (Å²) in [6, 6.07) is 12.7. The highest BCUT2D eigenvalue weighted by Crippen LogP contribution is 2.37. The first kappa shape index (κ1) is 28.5. The maximum Gasteiger partial charge on any atom is 0.227 e. The molecule has 2 aliphatic heterocycles. The number of rotatable bonds is 8. The first-order valence-corrected chi connectivity index (χ1v) is 15.9. The molecule has 1 unspecified atom stereocenters. The number of carbonyl (C=O) groups is 1. The zero-order chi connectivity index (χ0) is 27.4. The molecule has 3 atom stereocenters. The van der Waals surface area contributed by atoms with E-state index in [0.717, 1.165) is 43.6 Å². The second-order valence-electron chi connectivity index (χ2n) is 11.2. The van der Waals surface area contributed by atoms with Gasteiger partial charge in [0.2, 0.25) is 5.91 Å². The number of halogens is 2. The van der Waals surface area contributed by atoms with Crippen molar-refractivity contribution in [2.45, 2.75) is 50.1 Å². The lowest BCUT2D eigenvalue weighted by atomic mass is 9.79. The Hall–Kier alpha value is -2.00. The Bertz CT molecular complexity index is 1170. The molecular formula is C30H39ClFN3O3S. The second-order valence-corrected chi connectivity index (χ2v) is 13.2. The Morgan fingerprint density at radius 1 is 1.08 bits per heavy atom. The lowest BCUT2D eigenvalue weighted by Gasteiger charge is -2.50. The number of ether oxygens (including phenoxy) is 1. The van der Waals surface area contributed by atoms with E-state index in [1.54, 1.807) is 6.07 Å². The van der Waals surface area contributed by atoms with Gasteiger partial charge in [0.05, 0.1) is 13.0 Å². The van der Waals surface area contributed by atoms with Crippen molar-refractivity contribution in [1.29, 1.82) is 0 Å². The molecule has 2 heterocycles. The lowest BCUT2D eigenvalue weighted by molar-refractivity contribution is -0.138. The summed E-state index contributed by atoms with van der Waals surface area (Å²) in [5.74, 6) is 0.765. The van der Waals surface area contributed by atoms with Crippen LogP contribution < -0.4 is 10.1 Å². The van der Waals surface area contributed by atoms with Gasteiger partial charge in [-0.05, 0) is 48.2 Å². The standard InChI is InChI=1S/C30H39ClFN3O3S/c1-38-28-10-5-22(17-27(28)32)18-33-21-30(11-3-2-4-12-30)35-15-13-34(14-16-35)29(36)26-20-39(37)19-25(26)23-6-8-24(31)9-7-23/h5-10,17,25-26,33H,2-4,11-16,18-21H2,1H3/t25-,26+,39?/m0/s1. The van der Waals surface area contributed by atoms with Gasteiger partial charge in [0.25, 0.3) is 0 Å². The van der Waals surface area contributed by atoms with E-state index in [1.165, 1.54) is 32.4 Å². The first-order valence-electron chi connectivity index (χ1n) is 14.1. The molecule has 0 spiro atoms. The van der Waals surface area contributed by atoms with Crippen LogP contribution in [0.1, 0.15) is 49.1 Å².